The molecule has 3 heterocycles. The average Bonchev–Trinajstić information content (AvgIpc) is 3.43. The van der Waals surface area contributed by atoms with E-state index in [9.17, 15) is 9.18 Å². The molecule has 2 saturated heterocycles. The molecule has 0 saturated carbocycles. The van der Waals surface area contributed by atoms with Crippen molar-refractivity contribution in [1.29, 1.82) is 0 Å². The molecule has 0 bridgehead atoms. The van der Waals surface area contributed by atoms with Crippen LogP contribution in [0.15, 0.2) is 29.6 Å². The van der Waals surface area contributed by atoms with E-state index in [0.29, 0.717) is 6.54 Å². The number of nitrogens with zero attached hydrogens (tertiary/aromatic N) is 5. The summed E-state index contributed by atoms with van der Waals surface area (Å²) in [6, 6.07) is 6.74. The molecular weight excluding hydrogens is 413 g/mol. The second-order valence-electron chi connectivity index (χ2n) is 9.20. The van der Waals surface area contributed by atoms with Gasteiger partial charge in [0.2, 0.25) is 5.91 Å². The van der Waals surface area contributed by atoms with Crippen molar-refractivity contribution in [1.82, 2.24) is 24.3 Å². The third kappa shape index (κ3) is 5.67. The summed E-state index contributed by atoms with van der Waals surface area (Å²) in [5, 5.41) is 6.29. The molecular formula is C23H32FN5OS. The lowest BCUT2D eigenvalue weighted by atomic mass is 9.87. The number of hydrogen-bond donors (Lipinski definition) is 0. The van der Waals surface area contributed by atoms with Crippen LogP contribution in [-0.2, 0) is 4.79 Å². The molecule has 0 N–H and O–H groups in total. The minimum atomic E-state index is -0.227. The monoisotopic (exact) mass is 445 g/mol. The summed E-state index contributed by atoms with van der Waals surface area (Å²) in [4.78, 5) is 19.5. The maximum absolute atomic E-state index is 13.4. The number of rotatable bonds is 7. The van der Waals surface area contributed by atoms with Crippen LogP contribution in [0.4, 0.5) is 4.39 Å². The lowest BCUT2D eigenvalue weighted by Crippen LogP contribution is -2.44. The number of piperidine rings is 1. The Morgan fingerprint density at radius 1 is 1.16 bits per heavy atom. The van der Waals surface area contributed by atoms with E-state index in [4.69, 9.17) is 0 Å². The van der Waals surface area contributed by atoms with Gasteiger partial charge in [-0.3, -0.25) is 9.69 Å². The zero-order valence-electron chi connectivity index (χ0n) is 18.4. The summed E-state index contributed by atoms with van der Waals surface area (Å²) in [6.07, 6.45) is 3.42. The molecule has 1 aromatic heterocycles. The Morgan fingerprint density at radius 2 is 1.87 bits per heavy atom. The fourth-order valence-electron chi connectivity index (χ4n) is 4.90. The first-order valence-corrected chi connectivity index (χ1v) is 12.0. The van der Waals surface area contributed by atoms with Crippen LogP contribution in [0, 0.1) is 11.7 Å². The van der Waals surface area contributed by atoms with Gasteiger partial charge in [-0.15, -0.1) is 5.10 Å². The molecule has 2 aliphatic rings. The van der Waals surface area contributed by atoms with Gasteiger partial charge in [0.05, 0.1) is 12.2 Å². The van der Waals surface area contributed by atoms with E-state index in [1.54, 1.807) is 0 Å². The number of carbonyl (C=O) groups excluding carboxylic acids is 1. The Kier molecular flexibility index (Phi) is 7.30. The number of hydrogen-bond acceptors (Lipinski definition) is 6. The Balaban J connectivity index is 1.35. The molecule has 2 atom stereocenters. The van der Waals surface area contributed by atoms with Crippen molar-refractivity contribution in [3.63, 3.8) is 0 Å². The van der Waals surface area contributed by atoms with E-state index in [-0.39, 0.29) is 23.6 Å². The molecule has 8 heteroatoms. The average molecular weight is 446 g/mol. The van der Waals surface area contributed by atoms with Gasteiger partial charge < -0.3 is 9.80 Å². The van der Waals surface area contributed by atoms with Crippen molar-refractivity contribution in [3.05, 3.63) is 46.7 Å². The molecule has 0 aliphatic carbocycles. The number of carbonyl (C=O) groups is 1. The Bertz CT molecular complexity index is 836. The summed E-state index contributed by atoms with van der Waals surface area (Å²) in [5.41, 5.74) is 2.06. The zero-order valence-corrected chi connectivity index (χ0v) is 19.2. The maximum Gasteiger partial charge on any atom is 0.236 e. The van der Waals surface area contributed by atoms with Crippen molar-refractivity contribution in [2.75, 3.05) is 53.4 Å². The molecule has 2 fully saturated rings. The molecule has 6 nitrogen and oxygen atoms in total. The van der Waals surface area contributed by atoms with Crippen molar-refractivity contribution in [2.24, 2.45) is 5.92 Å². The molecule has 1 amide bonds. The summed E-state index contributed by atoms with van der Waals surface area (Å²) in [7, 11) is 4.23. The number of benzene rings is 1. The maximum atomic E-state index is 13.4. The lowest BCUT2D eigenvalue weighted by molar-refractivity contribution is -0.133. The predicted molar refractivity (Wildman–Crippen MR) is 121 cm³/mol. The first-order chi connectivity index (χ1) is 15.0. The topological polar surface area (TPSA) is 52.6 Å². The van der Waals surface area contributed by atoms with Crippen molar-refractivity contribution in [2.45, 2.75) is 31.1 Å². The largest absolute Gasteiger partial charge is 0.342 e. The van der Waals surface area contributed by atoms with Crippen molar-refractivity contribution in [3.8, 4) is 0 Å². The molecule has 0 unspecified atom stereocenters. The van der Waals surface area contributed by atoms with Crippen LogP contribution < -0.4 is 0 Å². The molecule has 1 aromatic carbocycles. The van der Waals surface area contributed by atoms with Crippen LogP contribution in [0.3, 0.4) is 0 Å². The Hall–Kier alpha value is -1.90. The highest BCUT2D eigenvalue weighted by molar-refractivity contribution is 7.03. The second-order valence-corrected chi connectivity index (χ2v) is 9.81. The van der Waals surface area contributed by atoms with Crippen LogP contribution in [0.2, 0.25) is 0 Å². The van der Waals surface area contributed by atoms with Crippen LogP contribution in [0.25, 0.3) is 0 Å². The minimum absolute atomic E-state index is 0.175. The Morgan fingerprint density at radius 3 is 2.52 bits per heavy atom. The fraction of sp³-hybridized carbons (Fsp3) is 0.609. The summed E-state index contributed by atoms with van der Waals surface area (Å²) >= 11 is 1.35. The Labute approximate surface area is 188 Å². The highest BCUT2D eigenvalue weighted by Crippen LogP contribution is 2.39. The number of likely N-dealkylation sites (tertiary alicyclic amines) is 2. The highest BCUT2D eigenvalue weighted by Gasteiger charge is 2.37. The predicted octanol–water partition coefficient (Wildman–Crippen LogP) is 3.05. The van der Waals surface area contributed by atoms with Gasteiger partial charge in [-0.1, -0.05) is 16.6 Å². The van der Waals surface area contributed by atoms with Gasteiger partial charge >= 0.3 is 0 Å². The normalized spacial score (nSPS) is 23.0. The standard InChI is InChI=1S/C23H32FN5OS/c1-27(2)10-7-17-8-11-29(12-9-17)23(30)15-28-13-20(18-3-5-19(24)6-4-18)21(14-28)22-16-31-26-25-22/h3-6,16-17,20-21H,7-15H2,1-2H3/t20-,21+/m1/s1. The van der Waals surface area contributed by atoms with E-state index in [1.807, 2.05) is 22.4 Å². The number of aromatic nitrogens is 2. The first-order valence-electron chi connectivity index (χ1n) is 11.2. The molecule has 2 aromatic rings. The highest BCUT2D eigenvalue weighted by atomic mass is 32.1. The third-order valence-electron chi connectivity index (χ3n) is 6.76. The molecule has 0 spiro atoms. The van der Waals surface area contributed by atoms with E-state index in [1.165, 1.54) is 30.1 Å². The summed E-state index contributed by atoms with van der Waals surface area (Å²) in [6.45, 7) is 4.84. The van der Waals surface area contributed by atoms with Crippen LogP contribution in [0.5, 0.6) is 0 Å². The molecule has 168 valence electrons. The van der Waals surface area contributed by atoms with E-state index in [2.05, 4.69) is 33.5 Å². The third-order valence-corrected chi connectivity index (χ3v) is 7.28. The molecule has 0 radical (unpaired) electrons. The van der Waals surface area contributed by atoms with Crippen LogP contribution in [-0.4, -0.2) is 83.6 Å². The van der Waals surface area contributed by atoms with Gasteiger partial charge in [-0.2, -0.15) is 0 Å². The smallest absolute Gasteiger partial charge is 0.236 e. The van der Waals surface area contributed by atoms with Gasteiger partial charge in [0.15, 0.2) is 0 Å². The molecule has 4 rings (SSSR count). The van der Waals surface area contributed by atoms with Crippen LogP contribution >= 0.6 is 11.5 Å². The van der Waals surface area contributed by atoms with Gasteiger partial charge in [0.25, 0.3) is 0 Å². The van der Waals surface area contributed by atoms with Gasteiger partial charge in [0, 0.05) is 43.4 Å². The SMILES string of the molecule is CN(C)CCC1CCN(C(=O)CN2C[C@H](c3ccc(F)cc3)[C@@H](c3csnn3)C2)CC1. The first kappa shape index (κ1) is 22.3. The summed E-state index contributed by atoms with van der Waals surface area (Å²) in [5.74, 6) is 1.08. The molecule has 2 aliphatic heterocycles. The number of halogens is 1. The second kappa shape index (κ2) is 10.1. The van der Waals surface area contributed by atoms with Gasteiger partial charge in [-0.25, -0.2) is 4.39 Å². The van der Waals surface area contributed by atoms with E-state index in [0.717, 1.165) is 62.7 Å². The van der Waals surface area contributed by atoms with E-state index < -0.39 is 0 Å². The number of amides is 1. The summed E-state index contributed by atoms with van der Waals surface area (Å²) < 4.78 is 17.5. The van der Waals surface area contributed by atoms with Crippen molar-refractivity contribution < 1.29 is 9.18 Å². The zero-order chi connectivity index (χ0) is 21.8. The molecule has 31 heavy (non-hydrogen) atoms. The van der Waals surface area contributed by atoms with E-state index >= 15 is 0 Å². The van der Waals surface area contributed by atoms with Crippen LogP contribution in [0.1, 0.15) is 42.4 Å². The quantitative estimate of drug-likeness (QED) is 0.656. The van der Waals surface area contributed by atoms with Gasteiger partial charge in [-0.05, 0) is 75.0 Å². The van der Waals surface area contributed by atoms with Crippen molar-refractivity contribution >= 4 is 17.4 Å². The lowest BCUT2D eigenvalue weighted by Gasteiger charge is -2.33. The minimum Gasteiger partial charge on any atom is -0.342 e. The van der Waals surface area contributed by atoms with Gasteiger partial charge in [0.1, 0.15) is 5.82 Å². The fourth-order valence-corrected chi connectivity index (χ4v) is 5.42.